The Kier molecular flexibility index (Phi) is 3.88. The van der Waals surface area contributed by atoms with Crippen LogP contribution in [0.25, 0.3) is 16.8 Å². The summed E-state index contributed by atoms with van der Waals surface area (Å²) in [5.74, 6) is -0.160. The molecular weight excluding hydrogens is 313 g/mol. The van der Waals surface area contributed by atoms with E-state index in [1.807, 2.05) is 25.3 Å². The van der Waals surface area contributed by atoms with E-state index in [1.165, 1.54) is 11.8 Å². The van der Waals surface area contributed by atoms with Crippen molar-refractivity contribution in [2.24, 2.45) is 0 Å². The largest absolute Gasteiger partial charge is 0.366 e. The Morgan fingerprint density at radius 1 is 1.28 bits per heavy atom. The first kappa shape index (κ1) is 15.6. The third-order valence-electron chi connectivity index (χ3n) is 4.72. The average Bonchev–Trinajstić information content (AvgIpc) is 3.03. The zero-order valence-corrected chi connectivity index (χ0v) is 14.3. The van der Waals surface area contributed by atoms with Gasteiger partial charge in [-0.05, 0) is 54.8 Å². The van der Waals surface area contributed by atoms with Crippen molar-refractivity contribution in [2.45, 2.75) is 26.4 Å². The van der Waals surface area contributed by atoms with E-state index in [0.29, 0.717) is 12.0 Å². The number of pyridine rings is 1. The Balaban J connectivity index is 1.79. The molecule has 0 amide bonds. The highest BCUT2D eigenvalue weighted by atomic mass is 19.1. The molecular formula is C21H20FN3. The van der Waals surface area contributed by atoms with Crippen LogP contribution in [-0.2, 0) is 6.42 Å². The number of rotatable bonds is 3. The van der Waals surface area contributed by atoms with Crippen LogP contribution < -0.4 is 5.32 Å². The minimum Gasteiger partial charge on any atom is -0.366 e. The van der Waals surface area contributed by atoms with Crippen molar-refractivity contribution in [3.63, 3.8) is 0 Å². The molecule has 1 aromatic heterocycles. The fraction of sp³-hybridized carbons (Fsp3) is 0.190. The highest BCUT2D eigenvalue weighted by molar-refractivity contribution is 5.84. The third-order valence-corrected chi connectivity index (χ3v) is 4.72. The number of nitrogens with zero attached hydrogens (tertiary/aromatic N) is 2. The molecule has 0 aliphatic carbocycles. The molecule has 3 nitrogen and oxygen atoms in total. The van der Waals surface area contributed by atoms with Gasteiger partial charge in [0.1, 0.15) is 12.0 Å². The van der Waals surface area contributed by atoms with Crippen LogP contribution in [-0.4, -0.2) is 16.0 Å². The zero-order valence-electron chi connectivity index (χ0n) is 14.3. The van der Waals surface area contributed by atoms with Crippen molar-refractivity contribution in [1.29, 1.82) is 0 Å². The van der Waals surface area contributed by atoms with E-state index in [2.05, 4.69) is 46.5 Å². The van der Waals surface area contributed by atoms with Crippen molar-refractivity contribution in [1.82, 2.24) is 15.2 Å². The SMILES string of the molecule is CCc1cc(-c2ncccc2C2=CN3C(C)=CNC3C=C2)ccc1F. The number of hydrogen-bond acceptors (Lipinski definition) is 3. The third kappa shape index (κ3) is 2.74. The summed E-state index contributed by atoms with van der Waals surface area (Å²) in [7, 11) is 0. The predicted molar refractivity (Wildman–Crippen MR) is 98.6 cm³/mol. The number of halogens is 1. The Morgan fingerprint density at radius 2 is 2.16 bits per heavy atom. The minimum absolute atomic E-state index is 0.160. The summed E-state index contributed by atoms with van der Waals surface area (Å²) in [5.41, 5.74) is 5.85. The van der Waals surface area contributed by atoms with E-state index in [4.69, 9.17) is 0 Å². The molecule has 25 heavy (non-hydrogen) atoms. The maximum absolute atomic E-state index is 13.9. The van der Waals surface area contributed by atoms with Crippen LogP contribution in [0.4, 0.5) is 4.39 Å². The maximum atomic E-state index is 13.9. The summed E-state index contributed by atoms with van der Waals surface area (Å²) in [5, 5.41) is 3.32. The van der Waals surface area contributed by atoms with E-state index in [9.17, 15) is 4.39 Å². The predicted octanol–water partition coefficient (Wildman–Crippen LogP) is 4.45. The normalized spacial score (nSPS) is 18.5. The number of aryl methyl sites for hydroxylation is 1. The zero-order chi connectivity index (χ0) is 17.4. The molecule has 0 bridgehead atoms. The standard InChI is InChI=1S/C21H20FN3/c1-3-15-11-16(6-8-19(15)22)21-18(5-4-10-23-21)17-7-9-20-24-12-14(2)25(20)13-17/h4-13,20,24H,3H2,1-2H3. The van der Waals surface area contributed by atoms with Gasteiger partial charge in [0.15, 0.2) is 0 Å². The number of hydrogen-bond donors (Lipinski definition) is 1. The van der Waals surface area contributed by atoms with Crippen LogP contribution in [0.2, 0.25) is 0 Å². The van der Waals surface area contributed by atoms with Gasteiger partial charge in [0.2, 0.25) is 0 Å². The van der Waals surface area contributed by atoms with E-state index in [1.54, 1.807) is 12.3 Å². The van der Waals surface area contributed by atoms with Gasteiger partial charge < -0.3 is 10.2 Å². The van der Waals surface area contributed by atoms with Gasteiger partial charge in [0, 0.05) is 35.4 Å². The molecule has 0 spiro atoms. The topological polar surface area (TPSA) is 28.2 Å². The van der Waals surface area contributed by atoms with Crippen LogP contribution in [0.5, 0.6) is 0 Å². The Bertz CT molecular complexity index is 911. The molecule has 0 fully saturated rings. The van der Waals surface area contributed by atoms with Crippen LogP contribution in [0.1, 0.15) is 25.0 Å². The number of nitrogens with one attached hydrogen (secondary N) is 1. The fourth-order valence-corrected chi connectivity index (χ4v) is 3.32. The maximum Gasteiger partial charge on any atom is 0.126 e. The molecule has 2 aliphatic heterocycles. The lowest BCUT2D eigenvalue weighted by molar-refractivity contribution is 0.403. The molecule has 2 aliphatic rings. The van der Waals surface area contributed by atoms with Gasteiger partial charge >= 0.3 is 0 Å². The molecule has 0 radical (unpaired) electrons. The number of benzene rings is 1. The average molecular weight is 333 g/mol. The fourth-order valence-electron chi connectivity index (χ4n) is 3.32. The molecule has 0 saturated heterocycles. The second kappa shape index (κ2) is 6.20. The molecule has 1 unspecified atom stereocenters. The molecule has 1 aromatic carbocycles. The summed E-state index contributed by atoms with van der Waals surface area (Å²) >= 11 is 0. The van der Waals surface area contributed by atoms with Crippen molar-refractivity contribution < 1.29 is 4.39 Å². The quantitative estimate of drug-likeness (QED) is 0.899. The smallest absolute Gasteiger partial charge is 0.126 e. The Hall–Kier alpha value is -2.88. The van der Waals surface area contributed by atoms with Crippen molar-refractivity contribution in [3.8, 4) is 11.3 Å². The lowest BCUT2D eigenvalue weighted by Gasteiger charge is -2.27. The minimum atomic E-state index is -0.160. The molecule has 3 heterocycles. The van der Waals surface area contributed by atoms with Crippen molar-refractivity contribution in [3.05, 3.63) is 83.7 Å². The van der Waals surface area contributed by atoms with Gasteiger partial charge in [-0.1, -0.05) is 19.1 Å². The number of fused-ring (bicyclic) bond motifs is 1. The summed E-state index contributed by atoms with van der Waals surface area (Å²) in [6, 6.07) is 9.24. The van der Waals surface area contributed by atoms with E-state index in [-0.39, 0.29) is 12.0 Å². The van der Waals surface area contributed by atoms with Gasteiger partial charge in [-0.2, -0.15) is 0 Å². The van der Waals surface area contributed by atoms with Gasteiger partial charge in [-0.25, -0.2) is 4.39 Å². The van der Waals surface area contributed by atoms with Gasteiger partial charge in [-0.15, -0.1) is 0 Å². The Morgan fingerprint density at radius 3 is 3.00 bits per heavy atom. The van der Waals surface area contributed by atoms with E-state index < -0.39 is 0 Å². The highest BCUT2D eigenvalue weighted by Crippen LogP contribution is 2.32. The second-order valence-electron chi connectivity index (χ2n) is 6.31. The lowest BCUT2D eigenvalue weighted by Crippen LogP contribution is -2.32. The van der Waals surface area contributed by atoms with Gasteiger partial charge in [0.05, 0.1) is 5.69 Å². The summed E-state index contributed by atoms with van der Waals surface area (Å²) in [6.07, 6.45) is 11.0. The summed E-state index contributed by atoms with van der Waals surface area (Å²) < 4.78 is 13.9. The monoisotopic (exact) mass is 333 g/mol. The second-order valence-corrected chi connectivity index (χ2v) is 6.31. The van der Waals surface area contributed by atoms with Crippen molar-refractivity contribution >= 4 is 5.57 Å². The summed E-state index contributed by atoms with van der Waals surface area (Å²) in [6.45, 7) is 4.04. The molecule has 0 saturated carbocycles. The van der Waals surface area contributed by atoms with Crippen LogP contribution >= 0.6 is 0 Å². The lowest BCUT2D eigenvalue weighted by atomic mass is 9.96. The number of allylic oxidation sites excluding steroid dienone is 3. The highest BCUT2D eigenvalue weighted by Gasteiger charge is 2.23. The first-order valence-corrected chi connectivity index (χ1v) is 8.52. The van der Waals surface area contributed by atoms with Gasteiger partial charge in [-0.3, -0.25) is 4.98 Å². The summed E-state index contributed by atoms with van der Waals surface area (Å²) in [4.78, 5) is 6.79. The first-order valence-electron chi connectivity index (χ1n) is 8.52. The molecule has 126 valence electrons. The molecule has 1 N–H and O–H groups in total. The molecule has 4 rings (SSSR count). The van der Waals surface area contributed by atoms with Crippen LogP contribution in [0.15, 0.2) is 66.8 Å². The van der Waals surface area contributed by atoms with E-state index >= 15 is 0 Å². The van der Waals surface area contributed by atoms with Crippen LogP contribution in [0, 0.1) is 5.82 Å². The van der Waals surface area contributed by atoms with Crippen LogP contribution in [0.3, 0.4) is 0 Å². The molecule has 4 heteroatoms. The van der Waals surface area contributed by atoms with E-state index in [0.717, 1.165) is 22.4 Å². The molecule has 1 atom stereocenters. The van der Waals surface area contributed by atoms with Crippen molar-refractivity contribution in [2.75, 3.05) is 0 Å². The first-order chi connectivity index (χ1) is 12.2. The molecule has 2 aromatic rings. The van der Waals surface area contributed by atoms with Gasteiger partial charge in [0.25, 0.3) is 0 Å². The number of aromatic nitrogens is 1. The Labute approximate surface area is 147 Å².